The Labute approximate surface area is 135 Å². The van der Waals surface area contributed by atoms with Gasteiger partial charge in [0.25, 0.3) is 0 Å². The number of benzene rings is 1. The molecule has 126 valence electrons. The highest BCUT2D eigenvalue weighted by Crippen LogP contribution is 2.38. The van der Waals surface area contributed by atoms with Crippen molar-refractivity contribution < 1.29 is 24.9 Å². The summed E-state index contributed by atoms with van der Waals surface area (Å²) in [5, 5.41) is 24.8. The quantitative estimate of drug-likeness (QED) is 0.718. The summed E-state index contributed by atoms with van der Waals surface area (Å²) < 4.78 is 0. The molecule has 3 N–H and O–H groups in total. The predicted octanol–water partition coefficient (Wildman–Crippen LogP) is 1.75. The molecule has 0 aromatic heterocycles. The van der Waals surface area contributed by atoms with Crippen molar-refractivity contribution in [2.24, 2.45) is 5.92 Å². The SMILES string of the molecule is CCCN1CCC2Cc3cccc(O)c3CC21.O=C(O)C(=O)O. The van der Waals surface area contributed by atoms with Crippen LogP contribution in [0, 0.1) is 5.92 Å². The molecular weight excluding hydrogens is 298 g/mol. The summed E-state index contributed by atoms with van der Waals surface area (Å²) in [5.74, 6) is -2.33. The van der Waals surface area contributed by atoms with Crippen LogP contribution in [0.25, 0.3) is 0 Å². The molecule has 2 atom stereocenters. The minimum Gasteiger partial charge on any atom is -0.508 e. The highest BCUT2D eigenvalue weighted by molar-refractivity contribution is 6.27. The monoisotopic (exact) mass is 321 g/mol. The summed E-state index contributed by atoms with van der Waals surface area (Å²) in [6.45, 7) is 4.71. The molecule has 0 bridgehead atoms. The highest BCUT2D eigenvalue weighted by Gasteiger charge is 2.37. The maximum absolute atomic E-state index is 9.97. The molecule has 0 spiro atoms. The smallest absolute Gasteiger partial charge is 0.414 e. The van der Waals surface area contributed by atoms with Gasteiger partial charge in [0.2, 0.25) is 0 Å². The number of aromatic hydroxyl groups is 1. The number of carboxylic acid groups (broad SMARTS) is 2. The van der Waals surface area contributed by atoms with E-state index in [0.29, 0.717) is 11.8 Å². The summed E-state index contributed by atoms with van der Waals surface area (Å²) >= 11 is 0. The van der Waals surface area contributed by atoms with E-state index in [0.717, 1.165) is 18.8 Å². The van der Waals surface area contributed by atoms with Crippen molar-refractivity contribution in [2.45, 2.75) is 38.6 Å². The number of hydrogen-bond acceptors (Lipinski definition) is 4. The first-order valence-corrected chi connectivity index (χ1v) is 7.94. The zero-order valence-electron chi connectivity index (χ0n) is 13.2. The largest absolute Gasteiger partial charge is 0.508 e. The van der Waals surface area contributed by atoms with Crippen LogP contribution in [0.4, 0.5) is 0 Å². The number of nitrogens with zero attached hydrogens (tertiary/aromatic N) is 1. The molecule has 1 aliphatic heterocycles. The molecule has 6 nitrogen and oxygen atoms in total. The van der Waals surface area contributed by atoms with Gasteiger partial charge in [0.1, 0.15) is 5.75 Å². The normalized spacial score (nSPS) is 22.5. The summed E-state index contributed by atoms with van der Waals surface area (Å²) in [7, 11) is 0. The number of carboxylic acids is 2. The van der Waals surface area contributed by atoms with Gasteiger partial charge in [-0.25, -0.2) is 9.59 Å². The van der Waals surface area contributed by atoms with Gasteiger partial charge < -0.3 is 15.3 Å². The van der Waals surface area contributed by atoms with Gasteiger partial charge in [-0.3, -0.25) is 4.90 Å². The molecule has 0 amide bonds. The van der Waals surface area contributed by atoms with Crippen LogP contribution in [0.5, 0.6) is 5.75 Å². The van der Waals surface area contributed by atoms with Gasteiger partial charge in [0, 0.05) is 6.04 Å². The van der Waals surface area contributed by atoms with Crippen molar-refractivity contribution in [3.8, 4) is 5.75 Å². The molecule has 2 unspecified atom stereocenters. The Hall–Kier alpha value is -2.08. The number of phenolic OH excluding ortho intramolecular Hbond substituents is 1. The third-order valence-electron chi connectivity index (χ3n) is 4.64. The maximum Gasteiger partial charge on any atom is 0.414 e. The van der Waals surface area contributed by atoms with E-state index in [1.54, 1.807) is 0 Å². The first-order chi connectivity index (χ1) is 10.9. The van der Waals surface area contributed by atoms with Crippen molar-refractivity contribution >= 4 is 11.9 Å². The second-order valence-electron chi connectivity index (χ2n) is 6.09. The predicted molar refractivity (Wildman–Crippen MR) is 84.5 cm³/mol. The number of likely N-dealkylation sites (tertiary alicyclic amines) is 1. The summed E-state index contributed by atoms with van der Waals surface area (Å²) in [6, 6.07) is 6.68. The molecule has 0 radical (unpaired) electrons. The van der Waals surface area contributed by atoms with E-state index >= 15 is 0 Å². The lowest BCUT2D eigenvalue weighted by Crippen LogP contribution is -2.38. The van der Waals surface area contributed by atoms with E-state index in [-0.39, 0.29) is 0 Å². The summed E-state index contributed by atoms with van der Waals surface area (Å²) in [4.78, 5) is 20.8. The number of rotatable bonds is 2. The molecule has 3 rings (SSSR count). The van der Waals surface area contributed by atoms with Gasteiger partial charge in [-0.1, -0.05) is 19.1 Å². The highest BCUT2D eigenvalue weighted by atomic mass is 16.4. The first-order valence-electron chi connectivity index (χ1n) is 7.94. The van der Waals surface area contributed by atoms with Crippen LogP contribution in [0.2, 0.25) is 0 Å². The van der Waals surface area contributed by atoms with Crippen LogP contribution in [-0.4, -0.2) is 51.3 Å². The Morgan fingerprint density at radius 3 is 2.52 bits per heavy atom. The van der Waals surface area contributed by atoms with Crippen LogP contribution >= 0.6 is 0 Å². The first kappa shape index (κ1) is 17.3. The zero-order chi connectivity index (χ0) is 17.0. The molecule has 1 saturated heterocycles. The third kappa shape index (κ3) is 4.01. The van der Waals surface area contributed by atoms with Crippen molar-refractivity contribution in [3.63, 3.8) is 0 Å². The van der Waals surface area contributed by atoms with E-state index in [2.05, 4.69) is 17.9 Å². The Morgan fingerprint density at radius 1 is 1.22 bits per heavy atom. The van der Waals surface area contributed by atoms with Gasteiger partial charge in [0.15, 0.2) is 0 Å². The summed E-state index contributed by atoms with van der Waals surface area (Å²) in [5.41, 5.74) is 2.58. The number of aliphatic carboxylic acids is 2. The van der Waals surface area contributed by atoms with Gasteiger partial charge in [-0.15, -0.1) is 0 Å². The lowest BCUT2D eigenvalue weighted by Gasteiger charge is -2.33. The lowest BCUT2D eigenvalue weighted by atomic mass is 9.80. The number of carbonyl (C=O) groups is 2. The average molecular weight is 321 g/mol. The molecule has 6 heteroatoms. The summed E-state index contributed by atoms with van der Waals surface area (Å²) in [6.07, 6.45) is 4.78. The Balaban J connectivity index is 0.000000277. The van der Waals surface area contributed by atoms with E-state index < -0.39 is 11.9 Å². The second-order valence-corrected chi connectivity index (χ2v) is 6.09. The standard InChI is InChI=1S/C15H21NO.C2H2O4/c1-2-7-16-8-6-12-9-11-4-3-5-15(17)13(11)10-14(12)16;3-1(4)2(5)6/h3-5,12,14,17H,2,6-10H2,1H3;(H,3,4)(H,5,6). The Morgan fingerprint density at radius 2 is 1.91 bits per heavy atom. The Kier molecular flexibility index (Phi) is 5.60. The molecule has 23 heavy (non-hydrogen) atoms. The van der Waals surface area contributed by atoms with Crippen LogP contribution in [0.3, 0.4) is 0 Å². The van der Waals surface area contributed by atoms with Crippen LogP contribution < -0.4 is 0 Å². The molecule has 2 aliphatic rings. The number of fused-ring (bicyclic) bond motifs is 2. The Bertz CT molecular complexity index is 574. The van der Waals surface area contributed by atoms with Gasteiger partial charge in [-0.2, -0.15) is 0 Å². The minimum absolute atomic E-state index is 0.504. The maximum atomic E-state index is 9.97. The van der Waals surface area contributed by atoms with E-state index in [9.17, 15) is 5.11 Å². The minimum atomic E-state index is -1.82. The van der Waals surface area contributed by atoms with Crippen LogP contribution in [0.1, 0.15) is 30.9 Å². The van der Waals surface area contributed by atoms with Gasteiger partial charge >= 0.3 is 11.9 Å². The van der Waals surface area contributed by atoms with Crippen molar-refractivity contribution in [2.75, 3.05) is 13.1 Å². The topological polar surface area (TPSA) is 98.1 Å². The average Bonchev–Trinajstić information content (AvgIpc) is 2.89. The van der Waals surface area contributed by atoms with Crippen LogP contribution in [-0.2, 0) is 22.4 Å². The molecular formula is C17H23NO5. The lowest BCUT2D eigenvalue weighted by molar-refractivity contribution is -0.159. The fourth-order valence-corrected chi connectivity index (χ4v) is 3.63. The van der Waals surface area contributed by atoms with E-state index in [1.807, 2.05) is 12.1 Å². The molecule has 1 aliphatic carbocycles. The van der Waals surface area contributed by atoms with Gasteiger partial charge in [0.05, 0.1) is 0 Å². The fraction of sp³-hybridized carbons (Fsp3) is 0.529. The van der Waals surface area contributed by atoms with Gasteiger partial charge in [-0.05, 0) is 61.9 Å². The van der Waals surface area contributed by atoms with Crippen molar-refractivity contribution in [1.82, 2.24) is 4.90 Å². The number of hydrogen-bond donors (Lipinski definition) is 3. The van der Waals surface area contributed by atoms with Crippen LogP contribution in [0.15, 0.2) is 18.2 Å². The second kappa shape index (κ2) is 7.46. The molecule has 1 heterocycles. The molecule has 1 fully saturated rings. The third-order valence-corrected chi connectivity index (χ3v) is 4.64. The molecule has 0 saturated carbocycles. The fourth-order valence-electron chi connectivity index (χ4n) is 3.63. The molecule has 1 aromatic rings. The van der Waals surface area contributed by atoms with Crippen molar-refractivity contribution in [1.29, 1.82) is 0 Å². The van der Waals surface area contributed by atoms with Crippen molar-refractivity contribution in [3.05, 3.63) is 29.3 Å². The van der Waals surface area contributed by atoms with E-state index in [1.165, 1.54) is 37.1 Å². The zero-order valence-corrected chi connectivity index (χ0v) is 13.2. The van der Waals surface area contributed by atoms with E-state index in [4.69, 9.17) is 19.8 Å². The number of phenols is 1. The molecule has 1 aromatic carbocycles.